The van der Waals surface area contributed by atoms with Crippen molar-refractivity contribution in [3.63, 3.8) is 0 Å². The molecule has 0 saturated carbocycles. The molecule has 0 spiro atoms. The van der Waals surface area contributed by atoms with Gasteiger partial charge in [-0.05, 0) is 62.0 Å². The average Bonchev–Trinajstić information content (AvgIpc) is 3.43. The van der Waals surface area contributed by atoms with E-state index >= 15 is 0 Å². The fourth-order valence-corrected chi connectivity index (χ4v) is 7.83. The summed E-state index contributed by atoms with van der Waals surface area (Å²) in [5.74, 6) is -4.83. The van der Waals surface area contributed by atoms with Crippen LogP contribution in [0, 0.1) is 17.8 Å². The van der Waals surface area contributed by atoms with Gasteiger partial charge in [0, 0.05) is 11.7 Å². The number of nitrogens with one attached hydrogen (secondary N) is 5. The van der Waals surface area contributed by atoms with E-state index in [9.17, 15) is 38.7 Å². The number of aliphatic hydroxyl groups is 1. The van der Waals surface area contributed by atoms with Gasteiger partial charge in [-0.2, -0.15) is 11.8 Å². The van der Waals surface area contributed by atoms with Gasteiger partial charge in [-0.3, -0.25) is 33.6 Å². The lowest BCUT2D eigenvalue weighted by molar-refractivity contribution is -0.148. The van der Waals surface area contributed by atoms with Crippen LogP contribution in [0.3, 0.4) is 0 Å². The second-order valence-electron chi connectivity index (χ2n) is 15.5. The number of amides is 7. The standard InChI is InChI=1S/C38H61N7O8S2/c1-20(2)27(40-23(7)46)35(51)43-28(21(3)4)34(50)42-26(18-24-14-12-11-13-15-24)30(47)37(53)45-19-55-38(8,9)31(45)36(52)44-29(22(5)6)33(49)41-25(32(39)48)16-17-54-10/h11-15,20-22,25-31,47H,16-19H2,1-10H3,(H2,39,48)(H,40,46)(H,41,49)(H,42,50)(H,43,51)(H,44,52)/t25-,26-,27-,28-,29-,30-,31+/m0/s1. The van der Waals surface area contributed by atoms with Crippen LogP contribution in [-0.4, -0.2) is 116 Å². The van der Waals surface area contributed by atoms with Crippen molar-refractivity contribution in [2.45, 2.75) is 122 Å². The molecule has 2 rings (SSSR count). The monoisotopic (exact) mass is 807 g/mol. The van der Waals surface area contributed by atoms with E-state index in [-0.39, 0.29) is 18.2 Å². The molecule has 0 aliphatic carbocycles. The molecule has 1 aromatic rings. The van der Waals surface area contributed by atoms with Gasteiger partial charge in [-0.25, -0.2) is 0 Å². The normalized spacial score (nSPS) is 18.4. The summed E-state index contributed by atoms with van der Waals surface area (Å²) in [6.07, 6.45) is 0.390. The average molecular weight is 808 g/mol. The Labute approximate surface area is 333 Å². The summed E-state index contributed by atoms with van der Waals surface area (Å²) in [6.45, 7) is 15.3. The minimum atomic E-state index is -1.82. The van der Waals surface area contributed by atoms with E-state index < -0.39 is 100 Å². The van der Waals surface area contributed by atoms with E-state index in [2.05, 4.69) is 26.6 Å². The van der Waals surface area contributed by atoms with Crippen molar-refractivity contribution in [2.75, 3.05) is 17.9 Å². The first-order chi connectivity index (χ1) is 25.6. The smallest absolute Gasteiger partial charge is 0.254 e. The van der Waals surface area contributed by atoms with Crippen molar-refractivity contribution in [3.8, 4) is 0 Å². The lowest BCUT2D eigenvalue weighted by Gasteiger charge is -2.35. The molecule has 1 heterocycles. The SMILES string of the molecule is CSCC[C@H](NC(=O)[C@@H](NC(=O)[C@H]1N(C(=O)[C@@H](O)[C@H](Cc2ccccc2)NC(=O)[C@@H](NC(=O)[C@@H](NC(C)=O)C(C)C)C(C)C)CSC1(C)C)C(C)C)C(N)=O. The second kappa shape index (κ2) is 21.5. The van der Waals surface area contributed by atoms with Gasteiger partial charge in [0.2, 0.25) is 35.4 Å². The molecule has 7 atom stereocenters. The molecule has 1 aromatic carbocycles. The van der Waals surface area contributed by atoms with Gasteiger partial charge in [0.1, 0.15) is 30.2 Å². The van der Waals surface area contributed by atoms with Gasteiger partial charge < -0.3 is 42.3 Å². The number of benzene rings is 1. The van der Waals surface area contributed by atoms with Gasteiger partial charge in [0.25, 0.3) is 5.91 Å². The molecule has 15 nitrogen and oxygen atoms in total. The number of rotatable bonds is 20. The number of nitrogens with zero attached hydrogens (tertiary/aromatic N) is 1. The van der Waals surface area contributed by atoms with Crippen LogP contribution < -0.4 is 32.3 Å². The summed E-state index contributed by atoms with van der Waals surface area (Å²) in [6, 6.07) is 2.63. The fraction of sp³-hybridized carbons (Fsp3) is 0.658. The van der Waals surface area contributed by atoms with Gasteiger partial charge in [0.15, 0.2) is 6.10 Å². The molecule has 0 radical (unpaired) electrons. The molecule has 1 aliphatic heterocycles. The van der Waals surface area contributed by atoms with Crippen LogP contribution in [0.2, 0.25) is 0 Å². The van der Waals surface area contributed by atoms with Gasteiger partial charge in [-0.15, -0.1) is 11.8 Å². The Morgan fingerprint density at radius 3 is 1.85 bits per heavy atom. The van der Waals surface area contributed by atoms with Crippen LogP contribution in [0.1, 0.15) is 74.3 Å². The summed E-state index contributed by atoms with van der Waals surface area (Å²) in [5.41, 5.74) is 6.24. The van der Waals surface area contributed by atoms with Crippen LogP contribution in [0.4, 0.5) is 0 Å². The van der Waals surface area contributed by atoms with E-state index in [4.69, 9.17) is 5.73 Å². The topological polar surface area (TPSA) is 229 Å². The lowest BCUT2D eigenvalue weighted by Crippen LogP contribution is -2.63. The molecule has 1 saturated heterocycles. The zero-order chi connectivity index (χ0) is 41.8. The molecule has 0 unspecified atom stereocenters. The number of aliphatic hydroxyl groups excluding tert-OH is 1. The quantitative estimate of drug-likeness (QED) is 0.0986. The number of carbonyl (C=O) groups is 7. The maximum Gasteiger partial charge on any atom is 0.254 e. The van der Waals surface area contributed by atoms with E-state index in [1.54, 1.807) is 85.7 Å². The minimum absolute atomic E-state index is 0.0349. The maximum absolute atomic E-state index is 14.3. The molecule has 7 amide bonds. The molecular weight excluding hydrogens is 747 g/mol. The third kappa shape index (κ3) is 13.7. The van der Waals surface area contributed by atoms with Crippen molar-refractivity contribution in [1.29, 1.82) is 0 Å². The zero-order valence-corrected chi connectivity index (χ0v) is 35.3. The molecular formula is C38H61N7O8S2. The number of thioether (sulfide) groups is 2. The highest BCUT2D eigenvalue weighted by Gasteiger charge is 2.50. The van der Waals surface area contributed by atoms with Crippen molar-refractivity contribution < 1.29 is 38.7 Å². The molecule has 55 heavy (non-hydrogen) atoms. The highest BCUT2D eigenvalue weighted by molar-refractivity contribution is 8.00. The lowest BCUT2D eigenvalue weighted by atomic mass is 9.95. The Hall–Kier alpha value is -3.83. The minimum Gasteiger partial charge on any atom is -0.381 e. The Bertz CT molecular complexity index is 1510. The van der Waals surface area contributed by atoms with Gasteiger partial charge >= 0.3 is 0 Å². The van der Waals surface area contributed by atoms with E-state index in [1.807, 2.05) is 6.26 Å². The zero-order valence-electron chi connectivity index (χ0n) is 33.6. The molecule has 17 heteroatoms. The summed E-state index contributed by atoms with van der Waals surface area (Å²) < 4.78 is -0.850. The fourth-order valence-electron chi connectivity index (χ4n) is 6.22. The molecule has 308 valence electrons. The molecule has 1 fully saturated rings. The van der Waals surface area contributed by atoms with Crippen LogP contribution in [-0.2, 0) is 40.0 Å². The first-order valence-electron chi connectivity index (χ1n) is 18.6. The summed E-state index contributed by atoms with van der Waals surface area (Å²) in [4.78, 5) is 94.0. The Kier molecular flexibility index (Phi) is 18.5. The maximum atomic E-state index is 14.3. The Morgan fingerprint density at radius 2 is 1.35 bits per heavy atom. The predicted octanol–water partition coefficient (Wildman–Crippen LogP) is 0.920. The highest BCUT2D eigenvalue weighted by atomic mass is 32.2. The number of primary amides is 1. The largest absolute Gasteiger partial charge is 0.381 e. The van der Waals surface area contributed by atoms with Crippen molar-refractivity contribution >= 4 is 64.9 Å². The third-order valence-corrected chi connectivity index (χ3v) is 11.4. The van der Waals surface area contributed by atoms with Crippen LogP contribution in [0.5, 0.6) is 0 Å². The Morgan fingerprint density at radius 1 is 0.836 bits per heavy atom. The highest BCUT2D eigenvalue weighted by Crippen LogP contribution is 2.40. The second-order valence-corrected chi connectivity index (χ2v) is 18.0. The third-order valence-electron chi connectivity index (χ3n) is 9.41. The summed E-state index contributed by atoms with van der Waals surface area (Å²) in [5, 5.41) is 25.3. The van der Waals surface area contributed by atoms with E-state index in [0.29, 0.717) is 17.7 Å². The van der Waals surface area contributed by atoms with E-state index in [0.717, 1.165) is 0 Å². The van der Waals surface area contributed by atoms with Crippen LogP contribution >= 0.6 is 23.5 Å². The van der Waals surface area contributed by atoms with Crippen LogP contribution in [0.15, 0.2) is 30.3 Å². The van der Waals surface area contributed by atoms with E-state index in [1.165, 1.54) is 35.3 Å². The number of hydrogen-bond donors (Lipinski definition) is 7. The Balaban J connectivity index is 2.40. The number of hydrogen-bond acceptors (Lipinski definition) is 10. The molecule has 8 N–H and O–H groups in total. The summed E-state index contributed by atoms with van der Waals surface area (Å²) in [7, 11) is 0. The molecule has 0 aromatic heterocycles. The van der Waals surface area contributed by atoms with Crippen molar-refractivity contribution in [3.05, 3.63) is 35.9 Å². The predicted molar refractivity (Wildman–Crippen MR) is 215 cm³/mol. The summed E-state index contributed by atoms with van der Waals surface area (Å²) >= 11 is 2.81. The molecule has 0 bridgehead atoms. The van der Waals surface area contributed by atoms with Crippen molar-refractivity contribution in [1.82, 2.24) is 31.5 Å². The van der Waals surface area contributed by atoms with Crippen molar-refractivity contribution in [2.24, 2.45) is 23.5 Å². The van der Waals surface area contributed by atoms with Gasteiger partial charge in [0.05, 0.1) is 11.9 Å². The molecule has 1 aliphatic rings. The first kappa shape index (κ1) is 47.3. The number of carbonyl (C=O) groups excluding carboxylic acids is 7. The number of nitrogens with two attached hydrogens (primary N) is 1. The van der Waals surface area contributed by atoms with Gasteiger partial charge in [-0.1, -0.05) is 71.9 Å². The first-order valence-corrected chi connectivity index (χ1v) is 20.9. The van der Waals surface area contributed by atoms with Crippen LogP contribution in [0.25, 0.3) is 0 Å².